The zero-order chi connectivity index (χ0) is 15.8. The molecule has 2 aromatic rings. The minimum absolute atomic E-state index is 0.203. The molecular formula is C19H24FNO. The first-order chi connectivity index (χ1) is 10.7. The Labute approximate surface area is 132 Å². The van der Waals surface area contributed by atoms with E-state index in [0.29, 0.717) is 19.1 Å². The van der Waals surface area contributed by atoms with Crippen LogP contribution in [0.3, 0.4) is 0 Å². The van der Waals surface area contributed by atoms with Gasteiger partial charge in [-0.3, -0.25) is 0 Å². The molecule has 2 nitrogen and oxygen atoms in total. The lowest BCUT2D eigenvalue weighted by Gasteiger charge is -2.15. The van der Waals surface area contributed by atoms with Crippen LogP contribution in [0.4, 0.5) is 4.39 Å². The number of benzene rings is 2. The summed E-state index contributed by atoms with van der Waals surface area (Å²) in [6, 6.07) is 14.7. The quantitative estimate of drug-likeness (QED) is 0.732. The summed E-state index contributed by atoms with van der Waals surface area (Å²) in [5.74, 6) is 1.01. The predicted octanol–water partition coefficient (Wildman–Crippen LogP) is 4.43. The number of unbranched alkanes of at least 4 members (excludes halogenated alkanes) is 1. The predicted molar refractivity (Wildman–Crippen MR) is 88.7 cm³/mol. The molecule has 2 rings (SSSR count). The fourth-order valence-electron chi connectivity index (χ4n) is 2.54. The van der Waals surface area contributed by atoms with Crippen molar-refractivity contribution < 1.29 is 9.13 Å². The summed E-state index contributed by atoms with van der Waals surface area (Å²) < 4.78 is 18.7. The topological polar surface area (TPSA) is 35.2 Å². The molecule has 0 heterocycles. The second-order valence-corrected chi connectivity index (χ2v) is 5.64. The van der Waals surface area contributed by atoms with Gasteiger partial charge in [0.15, 0.2) is 0 Å². The van der Waals surface area contributed by atoms with E-state index in [2.05, 4.69) is 13.0 Å². The maximum Gasteiger partial charge on any atom is 0.123 e. The standard InChI is InChI=1S/C19H24FNO/c1-15-5-4-7-19(13-15)22-12-3-2-6-17(14-21)16-8-10-18(20)11-9-16/h4-5,7-11,13,17H,2-3,6,12,14,21H2,1H3. The van der Waals surface area contributed by atoms with E-state index in [4.69, 9.17) is 10.5 Å². The van der Waals surface area contributed by atoms with Crippen LogP contribution in [-0.4, -0.2) is 13.2 Å². The average Bonchev–Trinajstić information content (AvgIpc) is 2.52. The van der Waals surface area contributed by atoms with Crippen LogP contribution in [-0.2, 0) is 0 Å². The summed E-state index contributed by atoms with van der Waals surface area (Å²) in [6.07, 6.45) is 3.04. The average molecular weight is 301 g/mol. The highest BCUT2D eigenvalue weighted by atomic mass is 19.1. The van der Waals surface area contributed by atoms with Crippen LogP contribution in [0, 0.1) is 12.7 Å². The molecule has 2 N–H and O–H groups in total. The van der Waals surface area contributed by atoms with Gasteiger partial charge in [0, 0.05) is 0 Å². The van der Waals surface area contributed by atoms with E-state index in [1.165, 1.54) is 17.7 Å². The van der Waals surface area contributed by atoms with E-state index in [1.807, 2.05) is 30.3 Å². The Balaban J connectivity index is 1.71. The summed E-state index contributed by atoms with van der Waals surface area (Å²) in [5.41, 5.74) is 8.16. The van der Waals surface area contributed by atoms with Gasteiger partial charge < -0.3 is 10.5 Å². The Morgan fingerprint density at radius 3 is 2.55 bits per heavy atom. The van der Waals surface area contributed by atoms with Crippen molar-refractivity contribution in [2.24, 2.45) is 5.73 Å². The van der Waals surface area contributed by atoms with Crippen LogP contribution >= 0.6 is 0 Å². The van der Waals surface area contributed by atoms with Gasteiger partial charge >= 0.3 is 0 Å². The highest BCUT2D eigenvalue weighted by Crippen LogP contribution is 2.21. The molecular weight excluding hydrogens is 277 g/mol. The zero-order valence-corrected chi connectivity index (χ0v) is 13.1. The van der Waals surface area contributed by atoms with Gasteiger partial charge in [-0.2, -0.15) is 0 Å². The van der Waals surface area contributed by atoms with Crippen molar-refractivity contribution in [1.82, 2.24) is 0 Å². The Bertz CT molecular complexity index is 568. The maximum absolute atomic E-state index is 12.9. The molecule has 0 aliphatic carbocycles. The summed E-state index contributed by atoms with van der Waals surface area (Å²) in [4.78, 5) is 0. The lowest BCUT2D eigenvalue weighted by molar-refractivity contribution is 0.303. The van der Waals surface area contributed by atoms with Crippen molar-refractivity contribution in [2.75, 3.05) is 13.2 Å². The number of hydrogen-bond donors (Lipinski definition) is 1. The second-order valence-electron chi connectivity index (χ2n) is 5.64. The smallest absolute Gasteiger partial charge is 0.123 e. The van der Waals surface area contributed by atoms with E-state index in [0.717, 1.165) is 30.6 Å². The van der Waals surface area contributed by atoms with Gasteiger partial charge in [-0.25, -0.2) is 4.39 Å². The SMILES string of the molecule is Cc1cccc(OCCCCC(CN)c2ccc(F)cc2)c1. The van der Waals surface area contributed by atoms with Gasteiger partial charge in [0.25, 0.3) is 0 Å². The Hall–Kier alpha value is -1.87. The van der Waals surface area contributed by atoms with Crippen LogP contribution in [0.25, 0.3) is 0 Å². The third kappa shape index (κ3) is 5.15. The molecule has 22 heavy (non-hydrogen) atoms. The molecule has 0 radical (unpaired) electrons. The van der Waals surface area contributed by atoms with Crippen LogP contribution in [0.2, 0.25) is 0 Å². The van der Waals surface area contributed by atoms with Crippen molar-refractivity contribution in [1.29, 1.82) is 0 Å². The number of hydrogen-bond acceptors (Lipinski definition) is 2. The zero-order valence-electron chi connectivity index (χ0n) is 13.1. The molecule has 0 aromatic heterocycles. The molecule has 0 bridgehead atoms. The van der Waals surface area contributed by atoms with Crippen molar-refractivity contribution >= 4 is 0 Å². The fourth-order valence-corrected chi connectivity index (χ4v) is 2.54. The maximum atomic E-state index is 12.9. The molecule has 2 aromatic carbocycles. The molecule has 0 saturated heterocycles. The minimum Gasteiger partial charge on any atom is -0.494 e. The monoisotopic (exact) mass is 301 g/mol. The molecule has 3 heteroatoms. The highest BCUT2D eigenvalue weighted by molar-refractivity contribution is 5.27. The van der Waals surface area contributed by atoms with E-state index < -0.39 is 0 Å². The van der Waals surface area contributed by atoms with Crippen molar-refractivity contribution in [3.8, 4) is 5.75 Å². The summed E-state index contributed by atoms with van der Waals surface area (Å²) in [6.45, 7) is 3.36. The number of halogens is 1. The summed E-state index contributed by atoms with van der Waals surface area (Å²) in [5, 5.41) is 0. The molecule has 0 saturated carbocycles. The molecule has 0 amide bonds. The Kier molecular flexibility index (Phi) is 6.41. The molecule has 118 valence electrons. The van der Waals surface area contributed by atoms with Crippen LogP contribution in [0.5, 0.6) is 5.75 Å². The molecule has 0 aliphatic heterocycles. The number of ether oxygens (including phenoxy) is 1. The first-order valence-corrected chi connectivity index (χ1v) is 7.84. The van der Waals surface area contributed by atoms with Crippen molar-refractivity contribution in [3.05, 3.63) is 65.5 Å². The molecule has 0 aliphatic rings. The summed E-state index contributed by atoms with van der Waals surface area (Å²) >= 11 is 0. The first kappa shape index (κ1) is 16.5. The van der Waals surface area contributed by atoms with Gasteiger partial charge in [0.1, 0.15) is 11.6 Å². The minimum atomic E-state index is -0.203. The van der Waals surface area contributed by atoms with E-state index in [1.54, 1.807) is 0 Å². The van der Waals surface area contributed by atoms with Crippen molar-refractivity contribution in [3.63, 3.8) is 0 Å². The Morgan fingerprint density at radius 2 is 1.86 bits per heavy atom. The van der Waals surface area contributed by atoms with Crippen LogP contribution < -0.4 is 10.5 Å². The van der Waals surface area contributed by atoms with Gasteiger partial charge in [0.05, 0.1) is 6.61 Å². The molecule has 0 spiro atoms. The normalized spacial score (nSPS) is 12.1. The van der Waals surface area contributed by atoms with E-state index >= 15 is 0 Å². The lowest BCUT2D eigenvalue weighted by atomic mass is 9.94. The Morgan fingerprint density at radius 1 is 1.09 bits per heavy atom. The largest absolute Gasteiger partial charge is 0.494 e. The second kappa shape index (κ2) is 8.54. The number of nitrogens with two attached hydrogens (primary N) is 1. The van der Waals surface area contributed by atoms with Gasteiger partial charge in [-0.1, -0.05) is 24.3 Å². The van der Waals surface area contributed by atoms with Crippen LogP contribution in [0.15, 0.2) is 48.5 Å². The number of aryl methyl sites for hydroxylation is 1. The molecule has 1 atom stereocenters. The van der Waals surface area contributed by atoms with Gasteiger partial charge in [0.2, 0.25) is 0 Å². The number of rotatable bonds is 8. The van der Waals surface area contributed by atoms with Crippen LogP contribution in [0.1, 0.15) is 36.3 Å². The van der Waals surface area contributed by atoms with E-state index in [9.17, 15) is 4.39 Å². The lowest BCUT2D eigenvalue weighted by Crippen LogP contribution is -2.13. The van der Waals surface area contributed by atoms with Crippen molar-refractivity contribution in [2.45, 2.75) is 32.1 Å². The van der Waals surface area contributed by atoms with Gasteiger partial charge in [-0.15, -0.1) is 0 Å². The first-order valence-electron chi connectivity index (χ1n) is 7.84. The highest BCUT2D eigenvalue weighted by Gasteiger charge is 2.09. The van der Waals surface area contributed by atoms with E-state index in [-0.39, 0.29) is 5.82 Å². The third-order valence-corrected chi connectivity index (χ3v) is 3.83. The van der Waals surface area contributed by atoms with Gasteiger partial charge in [-0.05, 0) is 74.0 Å². The molecule has 0 fully saturated rings. The third-order valence-electron chi connectivity index (χ3n) is 3.83. The molecule has 1 unspecified atom stereocenters. The fraction of sp³-hybridized carbons (Fsp3) is 0.368. The summed E-state index contributed by atoms with van der Waals surface area (Å²) in [7, 11) is 0.